The summed E-state index contributed by atoms with van der Waals surface area (Å²) in [5.74, 6) is 3.20. The van der Waals surface area contributed by atoms with E-state index in [4.69, 9.17) is 9.47 Å². The van der Waals surface area contributed by atoms with Crippen LogP contribution in [-0.2, 0) is 9.47 Å². The Kier molecular flexibility index (Phi) is 30.3. The van der Waals surface area contributed by atoms with E-state index in [-0.39, 0.29) is 12.7 Å². The van der Waals surface area contributed by atoms with Gasteiger partial charge in [-0.25, -0.2) is 0 Å². The van der Waals surface area contributed by atoms with Gasteiger partial charge in [-0.05, 0) is 36.5 Å². The van der Waals surface area contributed by atoms with E-state index in [1.54, 1.807) is 0 Å². The van der Waals surface area contributed by atoms with Crippen molar-refractivity contribution in [3.63, 3.8) is 0 Å². The van der Waals surface area contributed by atoms with Crippen molar-refractivity contribution in [3.8, 4) is 0 Å². The van der Waals surface area contributed by atoms with Gasteiger partial charge in [0.25, 0.3) is 0 Å². The van der Waals surface area contributed by atoms with Crippen LogP contribution in [0.3, 0.4) is 0 Å². The van der Waals surface area contributed by atoms with E-state index < -0.39 is 0 Å². The van der Waals surface area contributed by atoms with Crippen LogP contribution in [0.5, 0.6) is 0 Å². The third kappa shape index (κ3) is 29.4. The second kappa shape index (κ2) is 30.3. The Labute approximate surface area is 253 Å². The Balaban J connectivity index is 3.53. The molecule has 0 aromatic rings. The molecule has 3 heteroatoms. The van der Waals surface area contributed by atoms with Crippen LogP contribution in [-0.4, -0.2) is 37.6 Å². The van der Waals surface area contributed by atoms with Crippen LogP contribution in [0.15, 0.2) is 0 Å². The SMILES string of the molecule is CCC[C@H](C)CCCCCCC[C@H](C)CCOC[C@@H](CO)OCC[C@H](C)CCCCCCCCCCCC(C)C. The summed E-state index contributed by atoms with van der Waals surface area (Å²) in [6.07, 6.45) is 29.8. The van der Waals surface area contributed by atoms with Gasteiger partial charge in [-0.3, -0.25) is 0 Å². The minimum atomic E-state index is -0.173. The fourth-order valence-electron chi connectivity index (χ4n) is 5.81. The summed E-state index contributed by atoms with van der Waals surface area (Å²) in [7, 11) is 0. The summed E-state index contributed by atoms with van der Waals surface area (Å²) in [6.45, 7) is 16.2. The van der Waals surface area contributed by atoms with Crippen molar-refractivity contribution in [3.05, 3.63) is 0 Å². The molecule has 0 aliphatic heterocycles. The molecule has 0 amide bonds. The third-order valence-electron chi connectivity index (χ3n) is 8.88. The zero-order valence-corrected chi connectivity index (χ0v) is 28.5. The van der Waals surface area contributed by atoms with Gasteiger partial charge in [0.15, 0.2) is 0 Å². The van der Waals surface area contributed by atoms with Gasteiger partial charge in [-0.1, -0.05) is 170 Å². The second-order valence-corrected chi connectivity index (χ2v) is 13.9. The molecule has 40 heavy (non-hydrogen) atoms. The first-order chi connectivity index (χ1) is 19.4. The van der Waals surface area contributed by atoms with Crippen molar-refractivity contribution in [2.24, 2.45) is 23.7 Å². The van der Waals surface area contributed by atoms with E-state index in [0.29, 0.717) is 12.5 Å². The molecular formula is C37H76O3. The molecule has 1 N–H and O–H groups in total. The summed E-state index contributed by atoms with van der Waals surface area (Å²) in [6, 6.07) is 0. The molecule has 0 rings (SSSR count). The van der Waals surface area contributed by atoms with Crippen LogP contribution >= 0.6 is 0 Å². The maximum absolute atomic E-state index is 9.68. The normalized spacial score (nSPS) is 15.0. The molecule has 0 saturated carbocycles. The second-order valence-electron chi connectivity index (χ2n) is 13.9. The summed E-state index contributed by atoms with van der Waals surface area (Å²) in [5.41, 5.74) is 0. The highest BCUT2D eigenvalue weighted by atomic mass is 16.5. The molecule has 0 aliphatic carbocycles. The molecule has 0 unspecified atom stereocenters. The molecule has 0 heterocycles. The lowest BCUT2D eigenvalue weighted by atomic mass is 9.96. The van der Waals surface area contributed by atoms with E-state index >= 15 is 0 Å². The first-order valence-corrected chi connectivity index (χ1v) is 18.2. The molecule has 0 saturated heterocycles. The molecule has 0 aromatic carbocycles. The van der Waals surface area contributed by atoms with Gasteiger partial charge >= 0.3 is 0 Å². The molecule has 0 aliphatic rings. The fraction of sp³-hybridized carbons (Fsp3) is 1.00. The van der Waals surface area contributed by atoms with Gasteiger partial charge < -0.3 is 14.6 Å². The summed E-state index contributed by atoms with van der Waals surface area (Å²) >= 11 is 0. The lowest BCUT2D eigenvalue weighted by molar-refractivity contribution is -0.0470. The average Bonchev–Trinajstić information content (AvgIpc) is 2.92. The number of unbranched alkanes of at least 4 members (excludes halogenated alkanes) is 12. The molecule has 0 spiro atoms. The van der Waals surface area contributed by atoms with E-state index in [1.165, 1.54) is 128 Å². The smallest absolute Gasteiger partial charge is 0.104 e. The molecule has 0 fully saturated rings. The first-order valence-electron chi connectivity index (χ1n) is 18.2. The minimum absolute atomic E-state index is 0.0544. The molecular weight excluding hydrogens is 492 g/mol. The monoisotopic (exact) mass is 569 g/mol. The maximum Gasteiger partial charge on any atom is 0.104 e. The Morgan fingerprint density at radius 1 is 0.475 bits per heavy atom. The van der Waals surface area contributed by atoms with Crippen LogP contribution in [0, 0.1) is 23.7 Å². The topological polar surface area (TPSA) is 38.7 Å². The Morgan fingerprint density at radius 2 is 0.875 bits per heavy atom. The van der Waals surface area contributed by atoms with Crippen molar-refractivity contribution in [2.75, 3.05) is 26.4 Å². The standard InChI is InChI=1S/C37H76O3/c1-7-22-34(4)24-19-16-13-17-21-25-35(5)27-29-39-32-37(31-38)40-30-28-36(6)26-20-15-12-10-8-9-11-14-18-23-33(2)3/h33-38H,7-32H2,1-6H3/t34-,35-,36+,37+/m0/s1. The Hall–Kier alpha value is -0.120. The number of ether oxygens (including phenoxy) is 2. The van der Waals surface area contributed by atoms with Gasteiger partial charge in [-0.15, -0.1) is 0 Å². The van der Waals surface area contributed by atoms with Gasteiger partial charge in [0.2, 0.25) is 0 Å². The molecule has 4 atom stereocenters. The highest BCUT2D eigenvalue weighted by molar-refractivity contribution is 4.60. The van der Waals surface area contributed by atoms with Crippen molar-refractivity contribution in [2.45, 2.75) is 189 Å². The van der Waals surface area contributed by atoms with Crippen molar-refractivity contribution < 1.29 is 14.6 Å². The predicted octanol–water partition coefficient (Wildman–Crippen LogP) is 11.5. The van der Waals surface area contributed by atoms with Crippen LogP contribution in [0.25, 0.3) is 0 Å². The number of aliphatic hydroxyl groups is 1. The van der Waals surface area contributed by atoms with Crippen molar-refractivity contribution in [1.82, 2.24) is 0 Å². The molecule has 0 aromatic heterocycles. The van der Waals surface area contributed by atoms with Gasteiger partial charge in [0.05, 0.1) is 13.2 Å². The van der Waals surface area contributed by atoms with Gasteiger partial charge in [0, 0.05) is 13.2 Å². The quantitative estimate of drug-likeness (QED) is 0.0820. The van der Waals surface area contributed by atoms with Crippen molar-refractivity contribution in [1.29, 1.82) is 0 Å². The van der Waals surface area contributed by atoms with E-state index in [9.17, 15) is 5.11 Å². The summed E-state index contributed by atoms with van der Waals surface area (Å²) < 4.78 is 11.8. The fourth-order valence-corrected chi connectivity index (χ4v) is 5.81. The van der Waals surface area contributed by atoms with Gasteiger partial charge in [0.1, 0.15) is 6.10 Å². The number of rotatable bonds is 32. The highest BCUT2D eigenvalue weighted by Gasteiger charge is 2.11. The summed E-state index contributed by atoms with van der Waals surface area (Å²) in [5, 5.41) is 9.68. The van der Waals surface area contributed by atoms with E-state index in [0.717, 1.165) is 43.8 Å². The van der Waals surface area contributed by atoms with E-state index in [1.807, 2.05) is 0 Å². The highest BCUT2D eigenvalue weighted by Crippen LogP contribution is 2.19. The lowest BCUT2D eigenvalue weighted by Gasteiger charge is -2.18. The van der Waals surface area contributed by atoms with Crippen LogP contribution < -0.4 is 0 Å². The predicted molar refractivity (Wildman–Crippen MR) is 177 cm³/mol. The molecule has 242 valence electrons. The lowest BCUT2D eigenvalue weighted by Crippen LogP contribution is -2.25. The largest absolute Gasteiger partial charge is 0.394 e. The average molecular weight is 569 g/mol. The van der Waals surface area contributed by atoms with Crippen molar-refractivity contribution >= 4 is 0 Å². The van der Waals surface area contributed by atoms with E-state index in [2.05, 4.69) is 41.5 Å². The minimum Gasteiger partial charge on any atom is -0.394 e. The van der Waals surface area contributed by atoms with Crippen LogP contribution in [0.4, 0.5) is 0 Å². The Bertz CT molecular complexity index is 480. The van der Waals surface area contributed by atoms with Crippen LogP contribution in [0.1, 0.15) is 183 Å². The third-order valence-corrected chi connectivity index (χ3v) is 8.88. The maximum atomic E-state index is 9.68. The molecule has 0 radical (unpaired) electrons. The number of aliphatic hydroxyl groups excluding tert-OH is 1. The summed E-state index contributed by atoms with van der Waals surface area (Å²) in [4.78, 5) is 0. The zero-order valence-electron chi connectivity index (χ0n) is 28.5. The molecule has 0 bridgehead atoms. The van der Waals surface area contributed by atoms with Crippen LogP contribution in [0.2, 0.25) is 0 Å². The molecule has 3 nitrogen and oxygen atoms in total. The van der Waals surface area contributed by atoms with Gasteiger partial charge in [-0.2, -0.15) is 0 Å². The first kappa shape index (κ1) is 39.9. The Morgan fingerprint density at radius 3 is 1.30 bits per heavy atom. The zero-order chi connectivity index (χ0) is 29.7. The number of hydrogen-bond acceptors (Lipinski definition) is 3. The number of hydrogen-bond donors (Lipinski definition) is 1.